The Balaban J connectivity index is 2.84. The minimum atomic E-state index is -0.293. The smallest absolute Gasteiger partial charge is 0.259 e. The van der Waals surface area contributed by atoms with Gasteiger partial charge in [0.25, 0.3) is 5.91 Å². The van der Waals surface area contributed by atoms with E-state index in [2.05, 4.69) is 4.98 Å². The van der Waals surface area contributed by atoms with Gasteiger partial charge in [-0.1, -0.05) is 0 Å². The van der Waals surface area contributed by atoms with Gasteiger partial charge in [0.15, 0.2) is 5.43 Å². The lowest BCUT2D eigenvalue weighted by molar-refractivity contribution is 0.0742. The van der Waals surface area contributed by atoms with Gasteiger partial charge in [0.1, 0.15) is 5.56 Å². The average molecular weight is 224 g/mol. The van der Waals surface area contributed by atoms with Gasteiger partial charge >= 0.3 is 0 Å². The summed E-state index contributed by atoms with van der Waals surface area (Å²) in [4.78, 5) is 27.7. The third-order valence-corrected chi connectivity index (χ3v) is 2.27. The summed E-state index contributed by atoms with van der Waals surface area (Å²) < 4.78 is 4.87. The Bertz CT molecular complexity index is 425. The standard InChI is InChI=1S/C11H16N2O3/c1-8-6-10(14)9(7-12-8)11(15)13(2)4-5-16-3/h6-7H,4-5H2,1-3H3,(H,12,14). The van der Waals surface area contributed by atoms with Gasteiger partial charge in [-0.15, -0.1) is 0 Å². The fourth-order valence-electron chi connectivity index (χ4n) is 1.28. The molecular formula is C11H16N2O3. The molecule has 16 heavy (non-hydrogen) atoms. The molecule has 0 aliphatic heterocycles. The molecule has 1 rings (SSSR count). The van der Waals surface area contributed by atoms with E-state index in [1.54, 1.807) is 21.1 Å². The molecule has 1 amide bonds. The van der Waals surface area contributed by atoms with E-state index in [0.717, 1.165) is 5.69 Å². The van der Waals surface area contributed by atoms with Crippen LogP contribution in [0, 0.1) is 6.92 Å². The molecule has 0 aliphatic carbocycles. The predicted molar refractivity (Wildman–Crippen MR) is 60.6 cm³/mol. The summed E-state index contributed by atoms with van der Waals surface area (Å²) in [7, 11) is 3.21. The highest BCUT2D eigenvalue weighted by molar-refractivity contribution is 5.93. The Labute approximate surface area is 94.0 Å². The van der Waals surface area contributed by atoms with E-state index in [0.29, 0.717) is 13.2 Å². The highest BCUT2D eigenvalue weighted by atomic mass is 16.5. The fourth-order valence-corrected chi connectivity index (χ4v) is 1.28. The van der Waals surface area contributed by atoms with E-state index >= 15 is 0 Å². The number of methoxy groups -OCH3 is 1. The maximum atomic E-state index is 11.8. The third kappa shape index (κ3) is 2.93. The van der Waals surface area contributed by atoms with Gasteiger partial charge in [0, 0.05) is 38.7 Å². The van der Waals surface area contributed by atoms with Crippen LogP contribution in [0.2, 0.25) is 0 Å². The van der Waals surface area contributed by atoms with Gasteiger partial charge in [0.2, 0.25) is 0 Å². The van der Waals surface area contributed by atoms with Gasteiger partial charge in [-0.25, -0.2) is 0 Å². The number of nitrogens with zero attached hydrogens (tertiary/aromatic N) is 1. The largest absolute Gasteiger partial charge is 0.383 e. The number of carbonyl (C=O) groups excluding carboxylic acids is 1. The van der Waals surface area contributed by atoms with Crippen molar-refractivity contribution in [2.45, 2.75) is 6.92 Å². The van der Waals surface area contributed by atoms with Crippen LogP contribution in [0.3, 0.4) is 0 Å². The molecule has 0 aliphatic rings. The first-order chi connectivity index (χ1) is 7.56. The molecule has 0 bridgehead atoms. The summed E-state index contributed by atoms with van der Waals surface area (Å²) in [6, 6.07) is 1.41. The van der Waals surface area contributed by atoms with Crippen LogP contribution >= 0.6 is 0 Å². The molecule has 1 aromatic rings. The summed E-state index contributed by atoms with van der Waals surface area (Å²) in [6.07, 6.45) is 1.45. The van der Waals surface area contributed by atoms with E-state index in [-0.39, 0.29) is 16.9 Å². The molecule has 0 saturated heterocycles. The molecule has 1 aromatic heterocycles. The van der Waals surface area contributed by atoms with Gasteiger partial charge in [-0.05, 0) is 6.92 Å². The van der Waals surface area contributed by atoms with Crippen molar-refractivity contribution in [1.82, 2.24) is 9.88 Å². The number of amides is 1. The molecule has 5 nitrogen and oxygen atoms in total. The lowest BCUT2D eigenvalue weighted by Crippen LogP contribution is -2.33. The van der Waals surface area contributed by atoms with E-state index in [1.165, 1.54) is 17.2 Å². The van der Waals surface area contributed by atoms with Crippen LogP contribution < -0.4 is 5.43 Å². The second kappa shape index (κ2) is 5.46. The Kier molecular flexibility index (Phi) is 4.25. The first-order valence-electron chi connectivity index (χ1n) is 5.00. The van der Waals surface area contributed by atoms with Crippen LogP contribution in [0.25, 0.3) is 0 Å². The Morgan fingerprint density at radius 2 is 2.25 bits per heavy atom. The molecule has 0 fully saturated rings. The third-order valence-electron chi connectivity index (χ3n) is 2.27. The van der Waals surface area contributed by atoms with Gasteiger partial charge < -0.3 is 14.6 Å². The first kappa shape index (κ1) is 12.4. The van der Waals surface area contributed by atoms with Crippen LogP contribution in [-0.2, 0) is 4.74 Å². The number of carbonyl (C=O) groups is 1. The lowest BCUT2D eigenvalue weighted by atomic mass is 10.2. The van der Waals surface area contributed by atoms with Crippen molar-refractivity contribution < 1.29 is 9.53 Å². The Morgan fingerprint density at radius 1 is 1.56 bits per heavy atom. The van der Waals surface area contributed by atoms with Crippen molar-refractivity contribution in [2.75, 3.05) is 27.3 Å². The highest BCUT2D eigenvalue weighted by Crippen LogP contribution is 1.97. The van der Waals surface area contributed by atoms with Gasteiger partial charge in [0.05, 0.1) is 6.61 Å². The molecule has 1 heterocycles. The zero-order valence-electron chi connectivity index (χ0n) is 9.74. The molecule has 5 heteroatoms. The van der Waals surface area contributed by atoms with Crippen LogP contribution in [0.4, 0.5) is 0 Å². The molecule has 0 atom stereocenters. The Morgan fingerprint density at radius 3 is 2.81 bits per heavy atom. The molecule has 0 unspecified atom stereocenters. The van der Waals surface area contributed by atoms with Gasteiger partial charge in [-0.2, -0.15) is 0 Å². The van der Waals surface area contributed by atoms with Crippen LogP contribution in [0.1, 0.15) is 16.1 Å². The highest BCUT2D eigenvalue weighted by Gasteiger charge is 2.14. The number of aromatic nitrogens is 1. The first-order valence-corrected chi connectivity index (χ1v) is 5.00. The summed E-state index contributed by atoms with van der Waals surface area (Å²) in [5, 5.41) is 0. The van der Waals surface area contributed by atoms with E-state index in [1.807, 2.05) is 0 Å². The zero-order chi connectivity index (χ0) is 12.1. The van der Waals surface area contributed by atoms with E-state index in [4.69, 9.17) is 4.74 Å². The van der Waals surface area contributed by atoms with Crippen molar-refractivity contribution in [2.24, 2.45) is 0 Å². The molecule has 0 aromatic carbocycles. The summed E-state index contributed by atoms with van der Waals surface area (Å²) in [6.45, 7) is 2.68. The number of H-pyrrole nitrogens is 1. The SMILES string of the molecule is COCCN(C)C(=O)c1c[nH]c(C)cc1=O. The number of aromatic amines is 1. The van der Waals surface area contributed by atoms with E-state index in [9.17, 15) is 9.59 Å². The maximum absolute atomic E-state index is 11.8. The van der Waals surface area contributed by atoms with Crippen LogP contribution in [0.15, 0.2) is 17.1 Å². The molecule has 0 radical (unpaired) electrons. The number of hydrogen-bond acceptors (Lipinski definition) is 3. The number of pyridine rings is 1. The number of nitrogens with one attached hydrogen (secondary N) is 1. The number of aryl methyl sites for hydroxylation is 1. The predicted octanol–water partition coefficient (Wildman–Crippen LogP) is 0.402. The number of rotatable bonds is 4. The summed E-state index contributed by atoms with van der Waals surface area (Å²) in [5.74, 6) is -0.293. The summed E-state index contributed by atoms with van der Waals surface area (Å²) >= 11 is 0. The minimum absolute atomic E-state index is 0.157. The number of ether oxygens (including phenoxy) is 1. The molecule has 0 saturated carbocycles. The zero-order valence-corrected chi connectivity index (χ0v) is 9.74. The molecular weight excluding hydrogens is 208 g/mol. The summed E-state index contributed by atoms with van der Waals surface area (Å²) in [5.41, 5.74) is 0.635. The van der Waals surface area contributed by atoms with Crippen LogP contribution in [0.5, 0.6) is 0 Å². The lowest BCUT2D eigenvalue weighted by Gasteiger charge is -2.15. The van der Waals surface area contributed by atoms with Crippen molar-refractivity contribution >= 4 is 5.91 Å². The Hall–Kier alpha value is -1.62. The van der Waals surface area contributed by atoms with Crippen molar-refractivity contribution in [3.8, 4) is 0 Å². The number of likely N-dealkylation sites (N-methyl/N-ethyl adjacent to an activating group) is 1. The van der Waals surface area contributed by atoms with E-state index < -0.39 is 0 Å². The van der Waals surface area contributed by atoms with Crippen molar-refractivity contribution in [3.05, 3.63) is 33.7 Å². The monoisotopic (exact) mass is 224 g/mol. The quantitative estimate of drug-likeness (QED) is 0.805. The second-order valence-corrected chi connectivity index (χ2v) is 3.61. The van der Waals surface area contributed by atoms with Gasteiger partial charge in [-0.3, -0.25) is 9.59 Å². The van der Waals surface area contributed by atoms with Crippen LogP contribution in [-0.4, -0.2) is 43.1 Å². The number of hydrogen-bond donors (Lipinski definition) is 1. The maximum Gasteiger partial charge on any atom is 0.259 e. The molecule has 88 valence electrons. The van der Waals surface area contributed by atoms with Crippen molar-refractivity contribution in [3.63, 3.8) is 0 Å². The average Bonchev–Trinajstić information content (AvgIpc) is 2.25. The topological polar surface area (TPSA) is 62.4 Å². The normalized spacial score (nSPS) is 10.2. The minimum Gasteiger partial charge on any atom is -0.383 e. The molecule has 0 spiro atoms. The van der Waals surface area contributed by atoms with Crippen molar-refractivity contribution in [1.29, 1.82) is 0 Å². The molecule has 1 N–H and O–H groups in total. The fraction of sp³-hybridized carbons (Fsp3) is 0.455. The second-order valence-electron chi connectivity index (χ2n) is 3.61.